The molecule has 0 saturated carbocycles. The van der Waals surface area contributed by atoms with E-state index in [1.54, 1.807) is 0 Å². The monoisotopic (exact) mass is 244 g/mol. The molecular weight excluding hydrogens is 224 g/mol. The number of benzene rings is 1. The molecule has 1 aromatic rings. The van der Waals surface area contributed by atoms with Gasteiger partial charge in [0, 0.05) is 5.92 Å². The number of rotatable bonds is 2. The van der Waals surface area contributed by atoms with Gasteiger partial charge in [0.15, 0.2) is 5.90 Å². The Hall–Kier alpha value is -1.35. The lowest BCUT2D eigenvalue weighted by Gasteiger charge is -2.23. The fourth-order valence-corrected chi connectivity index (χ4v) is 2.64. The van der Waals surface area contributed by atoms with Crippen molar-refractivity contribution in [2.75, 3.05) is 19.6 Å². The molecule has 0 aromatic heterocycles. The molecule has 0 spiro atoms. The predicted octanol–water partition coefficient (Wildman–Crippen LogP) is 2.46. The zero-order valence-corrected chi connectivity index (χ0v) is 10.9. The van der Waals surface area contributed by atoms with Gasteiger partial charge in [-0.1, -0.05) is 29.8 Å². The van der Waals surface area contributed by atoms with E-state index in [0.29, 0.717) is 5.92 Å². The summed E-state index contributed by atoms with van der Waals surface area (Å²) in [6.07, 6.45) is 2.44. The Bertz CT molecular complexity index is 432. The molecule has 2 aliphatic heterocycles. The second kappa shape index (κ2) is 5.11. The Labute approximate surface area is 108 Å². The van der Waals surface area contributed by atoms with E-state index in [2.05, 4.69) is 41.5 Å². The Morgan fingerprint density at radius 3 is 2.61 bits per heavy atom. The Kier molecular flexibility index (Phi) is 3.33. The van der Waals surface area contributed by atoms with E-state index in [1.807, 2.05) is 0 Å². The molecule has 2 heterocycles. The van der Waals surface area contributed by atoms with Crippen LogP contribution < -0.4 is 5.32 Å². The van der Waals surface area contributed by atoms with E-state index in [1.165, 1.54) is 11.1 Å². The molecule has 2 aliphatic rings. The van der Waals surface area contributed by atoms with Gasteiger partial charge in [-0.3, -0.25) is 4.99 Å². The average Bonchev–Trinajstić information content (AvgIpc) is 2.90. The summed E-state index contributed by atoms with van der Waals surface area (Å²) in [5.74, 6) is 1.52. The first-order valence-electron chi connectivity index (χ1n) is 6.81. The number of hydrogen-bond donors (Lipinski definition) is 1. The third-order valence-electron chi connectivity index (χ3n) is 3.81. The Morgan fingerprint density at radius 1 is 1.17 bits per heavy atom. The first-order chi connectivity index (χ1) is 8.83. The fourth-order valence-electron chi connectivity index (χ4n) is 2.64. The predicted molar refractivity (Wildman–Crippen MR) is 72.9 cm³/mol. The SMILES string of the molecule is Cc1ccc(C2CN=C(C3CCNCC3)O2)cc1. The van der Waals surface area contributed by atoms with Gasteiger partial charge in [-0.25, -0.2) is 0 Å². The molecule has 0 amide bonds. The van der Waals surface area contributed by atoms with Crippen LogP contribution in [0.15, 0.2) is 29.3 Å². The maximum Gasteiger partial charge on any atom is 0.187 e. The van der Waals surface area contributed by atoms with Crippen LogP contribution in [-0.2, 0) is 4.74 Å². The highest BCUT2D eigenvalue weighted by molar-refractivity contribution is 5.80. The molecule has 1 fully saturated rings. The lowest BCUT2D eigenvalue weighted by Crippen LogP contribution is -2.32. The quantitative estimate of drug-likeness (QED) is 0.867. The molecule has 0 bridgehead atoms. The highest BCUT2D eigenvalue weighted by atomic mass is 16.5. The first-order valence-corrected chi connectivity index (χ1v) is 6.81. The number of aryl methyl sites for hydroxylation is 1. The number of nitrogens with one attached hydrogen (secondary N) is 1. The molecule has 1 unspecified atom stereocenters. The van der Waals surface area contributed by atoms with Crippen molar-refractivity contribution in [2.45, 2.75) is 25.9 Å². The van der Waals surface area contributed by atoms with Crippen LogP contribution in [0.2, 0.25) is 0 Å². The second-order valence-corrected chi connectivity index (χ2v) is 5.22. The van der Waals surface area contributed by atoms with E-state index in [-0.39, 0.29) is 6.10 Å². The van der Waals surface area contributed by atoms with E-state index in [9.17, 15) is 0 Å². The van der Waals surface area contributed by atoms with Crippen LogP contribution >= 0.6 is 0 Å². The van der Waals surface area contributed by atoms with E-state index < -0.39 is 0 Å². The first kappa shape index (κ1) is 11.7. The molecular formula is C15H20N2O. The zero-order valence-electron chi connectivity index (χ0n) is 10.9. The summed E-state index contributed by atoms with van der Waals surface area (Å²) < 4.78 is 6.05. The van der Waals surface area contributed by atoms with Crippen molar-refractivity contribution >= 4 is 5.90 Å². The lowest BCUT2D eigenvalue weighted by molar-refractivity contribution is 0.208. The number of hydrogen-bond acceptors (Lipinski definition) is 3. The molecule has 3 rings (SSSR count). The third-order valence-corrected chi connectivity index (χ3v) is 3.81. The molecule has 3 nitrogen and oxygen atoms in total. The summed E-state index contributed by atoms with van der Waals surface area (Å²) >= 11 is 0. The summed E-state index contributed by atoms with van der Waals surface area (Å²) in [5.41, 5.74) is 2.53. The van der Waals surface area contributed by atoms with Crippen molar-refractivity contribution in [1.29, 1.82) is 0 Å². The number of nitrogens with zero attached hydrogens (tertiary/aromatic N) is 1. The summed E-state index contributed by atoms with van der Waals surface area (Å²) in [6, 6.07) is 8.59. The number of piperidine rings is 1. The van der Waals surface area contributed by atoms with Crippen molar-refractivity contribution in [1.82, 2.24) is 5.32 Å². The Morgan fingerprint density at radius 2 is 1.89 bits per heavy atom. The lowest BCUT2D eigenvalue weighted by atomic mass is 9.98. The summed E-state index contributed by atoms with van der Waals surface area (Å²) in [6.45, 7) is 5.06. The van der Waals surface area contributed by atoms with Crippen LogP contribution in [0, 0.1) is 12.8 Å². The van der Waals surface area contributed by atoms with E-state index in [0.717, 1.165) is 38.4 Å². The standard InChI is InChI=1S/C15H20N2O/c1-11-2-4-12(5-3-11)14-10-17-15(18-14)13-6-8-16-9-7-13/h2-5,13-14,16H,6-10H2,1H3. The number of aliphatic imine (C=N–C) groups is 1. The van der Waals surface area contributed by atoms with Gasteiger partial charge in [0.2, 0.25) is 0 Å². The maximum atomic E-state index is 6.05. The summed E-state index contributed by atoms with van der Waals surface area (Å²) in [5, 5.41) is 3.38. The van der Waals surface area contributed by atoms with Crippen molar-refractivity contribution < 1.29 is 4.74 Å². The van der Waals surface area contributed by atoms with Gasteiger partial charge in [-0.15, -0.1) is 0 Å². The van der Waals surface area contributed by atoms with Crippen molar-refractivity contribution in [2.24, 2.45) is 10.9 Å². The summed E-state index contributed by atoms with van der Waals surface area (Å²) in [7, 11) is 0. The minimum Gasteiger partial charge on any atom is -0.471 e. The third kappa shape index (κ3) is 2.41. The van der Waals surface area contributed by atoms with Crippen LogP contribution in [0.1, 0.15) is 30.1 Å². The minimum atomic E-state index is 0.135. The fraction of sp³-hybridized carbons (Fsp3) is 0.533. The zero-order chi connectivity index (χ0) is 12.4. The van der Waals surface area contributed by atoms with Gasteiger partial charge in [0.25, 0.3) is 0 Å². The largest absolute Gasteiger partial charge is 0.471 e. The molecule has 96 valence electrons. The van der Waals surface area contributed by atoms with Gasteiger partial charge < -0.3 is 10.1 Å². The van der Waals surface area contributed by atoms with Crippen LogP contribution in [-0.4, -0.2) is 25.5 Å². The number of ether oxygens (including phenoxy) is 1. The molecule has 1 N–H and O–H groups in total. The van der Waals surface area contributed by atoms with Crippen molar-refractivity contribution in [3.63, 3.8) is 0 Å². The van der Waals surface area contributed by atoms with E-state index >= 15 is 0 Å². The van der Waals surface area contributed by atoms with Gasteiger partial charge in [-0.05, 0) is 38.4 Å². The highest BCUT2D eigenvalue weighted by Gasteiger charge is 2.28. The van der Waals surface area contributed by atoms with Crippen LogP contribution in [0.25, 0.3) is 0 Å². The van der Waals surface area contributed by atoms with Crippen molar-refractivity contribution in [3.05, 3.63) is 35.4 Å². The van der Waals surface area contributed by atoms with Gasteiger partial charge in [0.1, 0.15) is 6.10 Å². The van der Waals surface area contributed by atoms with Crippen LogP contribution in [0.4, 0.5) is 0 Å². The molecule has 1 atom stereocenters. The molecule has 0 aliphatic carbocycles. The van der Waals surface area contributed by atoms with Gasteiger partial charge >= 0.3 is 0 Å². The van der Waals surface area contributed by atoms with Crippen LogP contribution in [0.3, 0.4) is 0 Å². The van der Waals surface area contributed by atoms with Crippen molar-refractivity contribution in [3.8, 4) is 0 Å². The normalized spacial score (nSPS) is 24.7. The molecule has 0 radical (unpaired) electrons. The smallest absolute Gasteiger partial charge is 0.187 e. The van der Waals surface area contributed by atoms with Gasteiger partial charge in [0.05, 0.1) is 6.54 Å². The molecule has 1 aromatic carbocycles. The van der Waals surface area contributed by atoms with E-state index in [4.69, 9.17) is 4.74 Å². The highest BCUT2D eigenvalue weighted by Crippen LogP contribution is 2.28. The van der Waals surface area contributed by atoms with Gasteiger partial charge in [-0.2, -0.15) is 0 Å². The second-order valence-electron chi connectivity index (χ2n) is 5.22. The average molecular weight is 244 g/mol. The maximum absolute atomic E-state index is 6.05. The molecule has 18 heavy (non-hydrogen) atoms. The minimum absolute atomic E-state index is 0.135. The molecule has 3 heteroatoms. The molecule has 1 saturated heterocycles. The topological polar surface area (TPSA) is 33.6 Å². The van der Waals surface area contributed by atoms with Crippen LogP contribution in [0.5, 0.6) is 0 Å². The Balaban J connectivity index is 1.64. The summed E-state index contributed by atoms with van der Waals surface area (Å²) in [4.78, 5) is 4.61.